The summed E-state index contributed by atoms with van der Waals surface area (Å²) < 4.78 is 0. The molecule has 3 rings (SSSR count). The van der Waals surface area contributed by atoms with E-state index in [1.54, 1.807) is 13.0 Å². The maximum atomic E-state index is 13.0. The van der Waals surface area contributed by atoms with Crippen LogP contribution in [0.2, 0.25) is 0 Å². The smallest absolute Gasteiger partial charge is 0.253 e. The molecule has 2 fully saturated rings. The number of hydrogen-bond acceptors (Lipinski definition) is 3. The molecule has 6 heteroatoms. The highest BCUT2D eigenvalue weighted by atomic mass is 35.5. The molecule has 1 unspecified atom stereocenters. The van der Waals surface area contributed by atoms with Gasteiger partial charge in [0.1, 0.15) is 5.38 Å². The zero-order valence-corrected chi connectivity index (χ0v) is 16.1. The van der Waals surface area contributed by atoms with E-state index in [2.05, 4.69) is 15.5 Å². The molecule has 5 nitrogen and oxygen atoms in total. The summed E-state index contributed by atoms with van der Waals surface area (Å²) in [7, 11) is 0. The molecule has 0 bridgehead atoms. The average molecular weight is 378 g/mol. The molecule has 2 aliphatic rings. The van der Waals surface area contributed by atoms with Gasteiger partial charge in [-0.15, -0.1) is 11.6 Å². The van der Waals surface area contributed by atoms with Crippen molar-refractivity contribution >= 4 is 34.8 Å². The highest BCUT2D eigenvalue weighted by Gasteiger charge is 2.23. The van der Waals surface area contributed by atoms with E-state index >= 15 is 0 Å². The Morgan fingerprint density at radius 1 is 1.12 bits per heavy atom. The Hall–Kier alpha value is -1.75. The Morgan fingerprint density at radius 3 is 2.46 bits per heavy atom. The van der Waals surface area contributed by atoms with Crippen LogP contribution < -0.4 is 15.5 Å². The minimum Gasteiger partial charge on any atom is -0.371 e. The van der Waals surface area contributed by atoms with Crippen molar-refractivity contribution in [2.75, 3.05) is 23.3 Å². The number of anilines is 2. The molecule has 1 aromatic carbocycles. The van der Waals surface area contributed by atoms with E-state index in [-0.39, 0.29) is 17.9 Å². The molecule has 0 spiro atoms. The number of amides is 2. The van der Waals surface area contributed by atoms with Crippen molar-refractivity contribution in [3.05, 3.63) is 23.8 Å². The van der Waals surface area contributed by atoms with Crippen molar-refractivity contribution in [3.8, 4) is 0 Å². The fourth-order valence-corrected chi connectivity index (χ4v) is 3.84. The molecule has 142 valence electrons. The number of rotatable bonds is 5. The lowest BCUT2D eigenvalue weighted by atomic mass is 9.95. The van der Waals surface area contributed by atoms with E-state index < -0.39 is 5.38 Å². The molecule has 2 N–H and O–H groups in total. The highest BCUT2D eigenvalue weighted by Crippen LogP contribution is 2.28. The van der Waals surface area contributed by atoms with Gasteiger partial charge in [-0.25, -0.2) is 0 Å². The van der Waals surface area contributed by atoms with Gasteiger partial charge in [0.2, 0.25) is 5.91 Å². The Kier molecular flexibility index (Phi) is 6.41. The lowest BCUT2D eigenvalue weighted by molar-refractivity contribution is -0.115. The van der Waals surface area contributed by atoms with Crippen LogP contribution in [-0.2, 0) is 4.79 Å². The first kappa shape index (κ1) is 19.0. The molecule has 1 aromatic rings. The van der Waals surface area contributed by atoms with E-state index in [9.17, 15) is 9.59 Å². The Labute approximate surface area is 160 Å². The van der Waals surface area contributed by atoms with E-state index in [0.717, 1.165) is 44.5 Å². The van der Waals surface area contributed by atoms with E-state index in [0.29, 0.717) is 11.3 Å². The second kappa shape index (κ2) is 8.76. The topological polar surface area (TPSA) is 61.4 Å². The molecular weight excluding hydrogens is 350 g/mol. The molecule has 1 atom stereocenters. The predicted octanol–water partition coefficient (Wildman–Crippen LogP) is 3.92. The molecular formula is C20H28ClN3O2. The van der Waals surface area contributed by atoms with Gasteiger partial charge >= 0.3 is 0 Å². The molecule has 2 amide bonds. The number of alkyl halides is 1. The first-order valence-corrected chi connectivity index (χ1v) is 10.1. The lowest BCUT2D eigenvalue weighted by Gasteiger charge is -2.26. The normalized spacial score (nSPS) is 19.2. The fourth-order valence-electron chi connectivity index (χ4n) is 3.78. The summed E-state index contributed by atoms with van der Waals surface area (Å²) in [6, 6.07) is 5.82. The molecule has 1 heterocycles. The quantitative estimate of drug-likeness (QED) is 0.764. The SMILES string of the molecule is CC(Cl)C(=O)Nc1ccc(N2CCCC2)c(C(=O)NC2CCCCC2)c1. The second-order valence-electron chi connectivity index (χ2n) is 7.34. The molecule has 1 aliphatic carbocycles. The molecule has 26 heavy (non-hydrogen) atoms. The van der Waals surface area contributed by atoms with Crippen LogP contribution in [0.25, 0.3) is 0 Å². The standard InChI is InChI=1S/C20H28ClN3O2/c1-14(21)19(25)23-16-9-10-18(24-11-5-6-12-24)17(13-16)20(26)22-15-7-3-2-4-8-15/h9-10,13-15H,2-8,11-12H2,1H3,(H,22,26)(H,23,25). The maximum absolute atomic E-state index is 13.0. The average Bonchev–Trinajstić information content (AvgIpc) is 3.17. The number of hydrogen-bond donors (Lipinski definition) is 2. The Balaban J connectivity index is 1.82. The van der Waals surface area contributed by atoms with Crippen LogP contribution in [0.1, 0.15) is 62.2 Å². The number of halogens is 1. The van der Waals surface area contributed by atoms with Crippen LogP contribution >= 0.6 is 11.6 Å². The van der Waals surface area contributed by atoms with Crippen LogP contribution in [0.15, 0.2) is 18.2 Å². The van der Waals surface area contributed by atoms with E-state index in [1.807, 2.05) is 12.1 Å². The highest BCUT2D eigenvalue weighted by molar-refractivity contribution is 6.32. The van der Waals surface area contributed by atoms with Crippen molar-refractivity contribution in [3.63, 3.8) is 0 Å². The third-order valence-electron chi connectivity index (χ3n) is 5.26. The van der Waals surface area contributed by atoms with Crippen molar-refractivity contribution in [1.82, 2.24) is 5.32 Å². The number of nitrogens with zero attached hydrogens (tertiary/aromatic N) is 1. The zero-order chi connectivity index (χ0) is 18.5. The minimum absolute atomic E-state index is 0.0474. The second-order valence-corrected chi connectivity index (χ2v) is 7.99. The van der Waals surface area contributed by atoms with Crippen LogP contribution in [0, 0.1) is 0 Å². The zero-order valence-electron chi connectivity index (χ0n) is 15.4. The van der Waals surface area contributed by atoms with Crippen molar-refractivity contribution in [2.45, 2.75) is 63.3 Å². The van der Waals surface area contributed by atoms with Crippen LogP contribution in [0.5, 0.6) is 0 Å². The van der Waals surface area contributed by atoms with E-state index in [4.69, 9.17) is 11.6 Å². The van der Waals surface area contributed by atoms with Crippen molar-refractivity contribution in [1.29, 1.82) is 0 Å². The fraction of sp³-hybridized carbons (Fsp3) is 0.600. The molecule has 1 saturated carbocycles. The van der Waals surface area contributed by atoms with Crippen molar-refractivity contribution < 1.29 is 9.59 Å². The largest absolute Gasteiger partial charge is 0.371 e. The van der Waals surface area contributed by atoms with Gasteiger partial charge in [-0.3, -0.25) is 9.59 Å². The first-order chi connectivity index (χ1) is 12.5. The summed E-state index contributed by atoms with van der Waals surface area (Å²) in [5.74, 6) is -0.312. The number of benzene rings is 1. The van der Waals surface area contributed by atoms with E-state index in [1.165, 1.54) is 19.3 Å². The van der Waals surface area contributed by atoms with Gasteiger partial charge in [0.25, 0.3) is 5.91 Å². The van der Waals surface area contributed by atoms with Gasteiger partial charge in [-0.05, 0) is 50.8 Å². The van der Waals surface area contributed by atoms with Gasteiger partial charge in [0, 0.05) is 30.5 Å². The minimum atomic E-state index is -0.618. The van der Waals surface area contributed by atoms with Crippen LogP contribution in [0.3, 0.4) is 0 Å². The summed E-state index contributed by atoms with van der Waals surface area (Å²) in [6.07, 6.45) is 7.98. The first-order valence-electron chi connectivity index (χ1n) is 9.69. The maximum Gasteiger partial charge on any atom is 0.253 e. The lowest BCUT2D eigenvalue weighted by Crippen LogP contribution is -2.37. The van der Waals surface area contributed by atoms with Gasteiger partial charge < -0.3 is 15.5 Å². The van der Waals surface area contributed by atoms with Gasteiger partial charge in [-0.2, -0.15) is 0 Å². The predicted molar refractivity (Wildman–Crippen MR) is 106 cm³/mol. The number of carbonyl (C=O) groups excluding carboxylic acids is 2. The molecule has 0 radical (unpaired) electrons. The summed E-state index contributed by atoms with van der Waals surface area (Å²) in [5, 5.41) is 5.37. The van der Waals surface area contributed by atoms with Gasteiger partial charge in [0.05, 0.1) is 5.56 Å². The monoisotopic (exact) mass is 377 g/mol. The molecule has 0 aromatic heterocycles. The van der Waals surface area contributed by atoms with Crippen molar-refractivity contribution in [2.24, 2.45) is 0 Å². The third kappa shape index (κ3) is 4.70. The molecule has 1 saturated heterocycles. The summed E-state index contributed by atoms with van der Waals surface area (Å²) in [5.41, 5.74) is 2.20. The molecule has 1 aliphatic heterocycles. The Morgan fingerprint density at radius 2 is 1.81 bits per heavy atom. The number of carbonyl (C=O) groups is 2. The summed E-state index contributed by atoms with van der Waals surface area (Å²) in [6.45, 7) is 3.56. The van der Waals surface area contributed by atoms with Gasteiger partial charge in [-0.1, -0.05) is 19.3 Å². The summed E-state index contributed by atoms with van der Waals surface area (Å²) in [4.78, 5) is 27.1. The summed E-state index contributed by atoms with van der Waals surface area (Å²) >= 11 is 5.84. The van der Waals surface area contributed by atoms with Crippen LogP contribution in [-0.4, -0.2) is 36.3 Å². The number of nitrogens with one attached hydrogen (secondary N) is 2. The van der Waals surface area contributed by atoms with Crippen LogP contribution in [0.4, 0.5) is 11.4 Å². The van der Waals surface area contributed by atoms with Gasteiger partial charge in [0.15, 0.2) is 0 Å². The third-order valence-corrected chi connectivity index (χ3v) is 5.46. The Bertz CT molecular complexity index is 650.